The Morgan fingerprint density at radius 1 is 1.35 bits per heavy atom. The second-order valence-electron chi connectivity index (χ2n) is 7.25. The molecule has 23 heavy (non-hydrogen) atoms. The van der Waals surface area contributed by atoms with Gasteiger partial charge in [-0.1, -0.05) is 18.6 Å². The standard InChI is InChI=1S/C19H28N2O2/c1-4-13(3)21-15-6-7-16(21)11-14(10-15)20-19(23)17-9-12(2)5-8-18(17)22/h5,8-9,13-16,22H,4,6-7,10-11H2,1-3H3,(H,20,23)/t13?,14?,15-,16+. The number of fused-ring (bicyclic) bond motifs is 2. The highest BCUT2D eigenvalue weighted by molar-refractivity contribution is 5.97. The number of carbonyl (C=O) groups excluding carboxylic acids is 1. The number of hydrogen-bond donors (Lipinski definition) is 2. The molecule has 0 saturated carbocycles. The fourth-order valence-corrected chi connectivity index (χ4v) is 4.36. The Hall–Kier alpha value is -1.55. The maximum atomic E-state index is 12.5. The van der Waals surface area contributed by atoms with Crippen molar-refractivity contribution in [2.45, 2.75) is 77.0 Å². The van der Waals surface area contributed by atoms with E-state index in [1.165, 1.54) is 19.3 Å². The predicted octanol–water partition coefficient (Wildman–Crippen LogP) is 3.22. The van der Waals surface area contributed by atoms with Gasteiger partial charge < -0.3 is 10.4 Å². The molecule has 4 heteroatoms. The van der Waals surface area contributed by atoms with E-state index in [0.29, 0.717) is 23.7 Å². The molecule has 0 spiro atoms. The second-order valence-corrected chi connectivity index (χ2v) is 7.25. The van der Waals surface area contributed by atoms with E-state index in [9.17, 15) is 9.90 Å². The third-order valence-electron chi connectivity index (χ3n) is 5.62. The molecule has 0 radical (unpaired) electrons. The molecule has 2 N–H and O–H groups in total. The number of hydrogen-bond acceptors (Lipinski definition) is 3. The molecule has 2 saturated heterocycles. The molecular formula is C19H28N2O2. The van der Waals surface area contributed by atoms with Crippen LogP contribution in [0, 0.1) is 6.92 Å². The first kappa shape index (κ1) is 16.3. The van der Waals surface area contributed by atoms with Crippen molar-refractivity contribution in [3.05, 3.63) is 29.3 Å². The molecule has 1 aromatic carbocycles. The van der Waals surface area contributed by atoms with E-state index in [1.807, 2.05) is 13.0 Å². The van der Waals surface area contributed by atoms with E-state index in [1.54, 1.807) is 12.1 Å². The maximum absolute atomic E-state index is 12.5. The van der Waals surface area contributed by atoms with E-state index in [-0.39, 0.29) is 17.7 Å². The van der Waals surface area contributed by atoms with E-state index in [2.05, 4.69) is 24.1 Å². The largest absolute Gasteiger partial charge is 0.507 e. The molecule has 4 atom stereocenters. The summed E-state index contributed by atoms with van der Waals surface area (Å²) in [4.78, 5) is 15.2. The zero-order chi connectivity index (χ0) is 16.6. The lowest BCUT2D eigenvalue weighted by Gasteiger charge is -2.42. The van der Waals surface area contributed by atoms with Crippen molar-refractivity contribution >= 4 is 5.91 Å². The molecular weight excluding hydrogens is 288 g/mol. The van der Waals surface area contributed by atoms with Crippen LogP contribution in [0.15, 0.2) is 18.2 Å². The highest BCUT2D eigenvalue weighted by Crippen LogP contribution is 2.38. The van der Waals surface area contributed by atoms with Gasteiger partial charge in [-0.15, -0.1) is 0 Å². The Morgan fingerprint density at radius 2 is 2.00 bits per heavy atom. The SMILES string of the molecule is CCC(C)N1[C@@H]2CC[C@H]1CC(NC(=O)c1cc(C)ccc1O)C2. The van der Waals surface area contributed by atoms with Crippen LogP contribution in [-0.2, 0) is 0 Å². The van der Waals surface area contributed by atoms with E-state index >= 15 is 0 Å². The lowest BCUT2D eigenvalue weighted by Crippen LogP contribution is -2.53. The number of phenolic OH excluding ortho intramolecular Hbond substituents is 1. The predicted molar refractivity (Wildman–Crippen MR) is 91.7 cm³/mol. The molecule has 4 nitrogen and oxygen atoms in total. The summed E-state index contributed by atoms with van der Waals surface area (Å²) < 4.78 is 0. The molecule has 2 heterocycles. The van der Waals surface area contributed by atoms with Gasteiger partial charge in [0.15, 0.2) is 0 Å². The minimum atomic E-state index is -0.146. The maximum Gasteiger partial charge on any atom is 0.255 e. The molecule has 3 rings (SSSR count). The average Bonchev–Trinajstić information content (AvgIpc) is 2.80. The Balaban J connectivity index is 1.66. The zero-order valence-corrected chi connectivity index (χ0v) is 14.4. The van der Waals surface area contributed by atoms with Crippen LogP contribution in [0.1, 0.15) is 61.9 Å². The second kappa shape index (κ2) is 6.52. The average molecular weight is 316 g/mol. The van der Waals surface area contributed by atoms with Crippen molar-refractivity contribution in [2.24, 2.45) is 0 Å². The summed E-state index contributed by atoms with van der Waals surface area (Å²) in [6, 6.07) is 7.22. The van der Waals surface area contributed by atoms with Crippen LogP contribution in [0.2, 0.25) is 0 Å². The van der Waals surface area contributed by atoms with Gasteiger partial charge in [-0.2, -0.15) is 0 Å². The lowest BCUT2D eigenvalue weighted by atomic mass is 9.94. The van der Waals surface area contributed by atoms with Crippen LogP contribution in [-0.4, -0.2) is 40.1 Å². The fourth-order valence-electron chi connectivity index (χ4n) is 4.36. The van der Waals surface area contributed by atoms with Gasteiger partial charge in [0.25, 0.3) is 5.91 Å². The highest BCUT2D eigenvalue weighted by atomic mass is 16.3. The number of rotatable bonds is 4. The van der Waals surface area contributed by atoms with E-state index in [4.69, 9.17) is 0 Å². The number of benzene rings is 1. The zero-order valence-electron chi connectivity index (χ0n) is 14.4. The number of amides is 1. The number of aromatic hydroxyl groups is 1. The first-order chi connectivity index (χ1) is 11.0. The minimum absolute atomic E-state index is 0.0631. The molecule has 1 aromatic rings. The van der Waals surface area contributed by atoms with Crippen LogP contribution >= 0.6 is 0 Å². The van der Waals surface area contributed by atoms with E-state index < -0.39 is 0 Å². The van der Waals surface area contributed by atoms with Crippen molar-refractivity contribution in [1.29, 1.82) is 0 Å². The van der Waals surface area contributed by atoms with Crippen LogP contribution in [0.5, 0.6) is 5.75 Å². The molecule has 2 bridgehead atoms. The topological polar surface area (TPSA) is 52.6 Å². The summed E-state index contributed by atoms with van der Waals surface area (Å²) in [7, 11) is 0. The molecule has 2 fully saturated rings. The first-order valence-corrected chi connectivity index (χ1v) is 8.87. The number of phenols is 1. The van der Waals surface area contributed by atoms with Gasteiger partial charge in [0.1, 0.15) is 5.75 Å². The summed E-state index contributed by atoms with van der Waals surface area (Å²) in [5.74, 6) is -0.0827. The van der Waals surface area contributed by atoms with Crippen LogP contribution in [0.3, 0.4) is 0 Å². The summed E-state index contributed by atoms with van der Waals surface area (Å²) >= 11 is 0. The third kappa shape index (κ3) is 3.23. The van der Waals surface area contributed by atoms with Gasteiger partial charge in [0, 0.05) is 24.2 Å². The smallest absolute Gasteiger partial charge is 0.255 e. The van der Waals surface area contributed by atoms with Gasteiger partial charge in [0.05, 0.1) is 5.56 Å². The monoisotopic (exact) mass is 316 g/mol. The summed E-state index contributed by atoms with van der Waals surface area (Å²) in [6.07, 6.45) is 5.73. The lowest BCUT2D eigenvalue weighted by molar-refractivity contribution is 0.0681. The van der Waals surface area contributed by atoms with Gasteiger partial charge in [-0.25, -0.2) is 0 Å². The van der Waals surface area contributed by atoms with Gasteiger partial charge >= 0.3 is 0 Å². The quantitative estimate of drug-likeness (QED) is 0.897. The molecule has 0 aliphatic carbocycles. The van der Waals surface area contributed by atoms with Crippen molar-refractivity contribution in [3.63, 3.8) is 0 Å². The van der Waals surface area contributed by atoms with Crippen molar-refractivity contribution in [3.8, 4) is 5.75 Å². The minimum Gasteiger partial charge on any atom is -0.507 e. The Morgan fingerprint density at radius 3 is 2.61 bits per heavy atom. The summed E-state index contributed by atoms with van der Waals surface area (Å²) in [5, 5.41) is 13.1. The molecule has 126 valence electrons. The summed E-state index contributed by atoms with van der Waals surface area (Å²) in [5.41, 5.74) is 1.38. The Bertz CT molecular complexity index is 573. The fraction of sp³-hybridized carbons (Fsp3) is 0.632. The third-order valence-corrected chi connectivity index (χ3v) is 5.62. The number of aryl methyl sites for hydroxylation is 1. The molecule has 2 aliphatic rings. The summed E-state index contributed by atoms with van der Waals surface area (Å²) in [6.45, 7) is 6.49. The molecule has 2 aliphatic heterocycles. The normalized spacial score (nSPS) is 28.6. The first-order valence-electron chi connectivity index (χ1n) is 8.87. The van der Waals surface area contributed by atoms with E-state index in [0.717, 1.165) is 18.4 Å². The van der Waals surface area contributed by atoms with Crippen LogP contribution in [0.25, 0.3) is 0 Å². The van der Waals surface area contributed by atoms with Gasteiger partial charge in [-0.3, -0.25) is 9.69 Å². The number of nitrogens with one attached hydrogen (secondary N) is 1. The van der Waals surface area contributed by atoms with Crippen molar-refractivity contribution in [2.75, 3.05) is 0 Å². The van der Waals surface area contributed by atoms with Crippen molar-refractivity contribution < 1.29 is 9.90 Å². The van der Waals surface area contributed by atoms with Crippen molar-refractivity contribution in [1.82, 2.24) is 10.2 Å². The highest BCUT2D eigenvalue weighted by Gasteiger charge is 2.42. The van der Waals surface area contributed by atoms with Crippen LogP contribution in [0.4, 0.5) is 0 Å². The van der Waals surface area contributed by atoms with Gasteiger partial charge in [0.2, 0.25) is 0 Å². The Labute approximate surface area is 138 Å². The number of nitrogens with zero attached hydrogens (tertiary/aromatic N) is 1. The molecule has 0 aromatic heterocycles. The molecule has 1 amide bonds. The molecule has 2 unspecified atom stereocenters. The van der Waals surface area contributed by atoms with Gasteiger partial charge in [-0.05, 0) is 58.1 Å². The van der Waals surface area contributed by atoms with Crippen LogP contribution < -0.4 is 5.32 Å². The number of carbonyl (C=O) groups is 1. The number of piperidine rings is 1. The Kier molecular flexibility index (Phi) is 4.62.